The third kappa shape index (κ3) is 6.69. The summed E-state index contributed by atoms with van der Waals surface area (Å²) in [5, 5.41) is 13.5. The lowest BCUT2D eigenvalue weighted by molar-refractivity contribution is -0.140. The van der Waals surface area contributed by atoms with Gasteiger partial charge < -0.3 is 26.2 Å². The Morgan fingerprint density at radius 2 is 1.94 bits per heavy atom. The Hall–Kier alpha value is -1.83. The van der Waals surface area contributed by atoms with E-state index in [1.807, 2.05) is 0 Å². The first-order chi connectivity index (χ1) is 8.18. The molecule has 1 unspecified atom stereocenters. The average Bonchev–Trinajstić information content (AvgIpc) is 2.13. The Labute approximate surface area is 105 Å². The van der Waals surface area contributed by atoms with E-state index in [1.165, 1.54) is 7.11 Å². The number of methoxy groups -OCH3 is 1. The number of rotatable bonds is 7. The Kier molecular flexibility index (Phi) is 6.11. The van der Waals surface area contributed by atoms with Crippen LogP contribution in [0.1, 0.15) is 20.3 Å². The first kappa shape index (κ1) is 16.2. The second-order valence-corrected chi connectivity index (χ2v) is 4.47. The van der Waals surface area contributed by atoms with Gasteiger partial charge in [-0.15, -0.1) is 0 Å². The molecule has 0 saturated heterocycles. The average molecular weight is 261 g/mol. The summed E-state index contributed by atoms with van der Waals surface area (Å²) in [6, 6.07) is -1.86. The molecule has 0 heterocycles. The second-order valence-electron chi connectivity index (χ2n) is 4.47. The molecule has 0 aromatic carbocycles. The van der Waals surface area contributed by atoms with Gasteiger partial charge in [0.1, 0.15) is 0 Å². The van der Waals surface area contributed by atoms with Crippen molar-refractivity contribution in [3.05, 3.63) is 0 Å². The van der Waals surface area contributed by atoms with Crippen LogP contribution in [0.25, 0.3) is 0 Å². The van der Waals surface area contributed by atoms with Gasteiger partial charge >= 0.3 is 12.0 Å². The zero-order chi connectivity index (χ0) is 14.3. The molecule has 104 valence electrons. The zero-order valence-corrected chi connectivity index (χ0v) is 10.6. The monoisotopic (exact) mass is 261 g/mol. The maximum atomic E-state index is 11.5. The molecule has 5 N–H and O–H groups in total. The summed E-state index contributed by atoms with van der Waals surface area (Å²) in [5.41, 5.74) is 4.17. The number of carboxylic acids is 1. The number of hydrogen-bond acceptors (Lipinski definition) is 4. The minimum Gasteiger partial charge on any atom is -0.480 e. The number of hydrogen-bond donors (Lipinski definition) is 4. The van der Waals surface area contributed by atoms with Crippen LogP contribution in [0.3, 0.4) is 0 Å². The van der Waals surface area contributed by atoms with Crippen LogP contribution < -0.4 is 16.4 Å². The number of aliphatic carboxylic acids is 1. The molecule has 8 heteroatoms. The standard InChI is InChI=1S/C10H19N3O5/c1-10(2,4-7(11)14)13-9(17)12-6(5-18-3)8(15)16/h6H,4-5H2,1-3H3,(H2,11,14)(H,15,16)(H2,12,13,17). The van der Waals surface area contributed by atoms with Gasteiger partial charge in [-0.3, -0.25) is 4.79 Å². The number of carbonyl (C=O) groups is 3. The molecular formula is C10H19N3O5. The number of ether oxygens (including phenoxy) is 1. The fourth-order valence-electron chi connectivity index (χ4n) is 1.32. The molecule has 0 radical (unpaired) electrons. The summed E-state index contributed by atoms with van der Waals surface area (Å²) in [6.45, 7) is 3.05. The third-order valence-electron chi connectivity index (χ3n) is 2.00. The Morgan fingerprint density at radius 1 is 1.39 bits per heavy atom. The lowest BCUT2D eigenvalue weighted by Gasteiger charge is -2.25. The van der Waals surface area contributed by atoms with E-state index >= 15 is 0 Å². The molecular weight excluding hydrogens is 242 g/mol. The van der Waals surface area contributed by atoms with Crippen LogP contribution in [0.5, 0.6) is 0 Å². The lowest BCUT2D eigenvalue weighted by Crippen LogP contribution is -2.54. The van der Waals surface area contributed by atoms with Gasteiger partial charge in [-0.1, -0.05) is 0 Å². The maximum absolute atomic E-state index is 11.5. The van der Waals surface area contributed by atoms with Gasteiger partial charge in [0.15, 0.2) is 6.04 Å². The van der Waals surface area contributed by atoms with Crippen molar-refractivity contribution in [1.82, 2.24) is 10.6 Å². The van der Waals surface area contributed by atoms with Crippen LogP contribution in [0.4, 0.5) is 4.79 Å². The van der Waals surface area contributed by atoms with E-state index in [9.17, 15) is 14.4 Å². The van der Waals surface area contributed by atoms with Crippen molar-refractivity contribution in [3.8, 4) is 0 Å². The van der Waals surface area contributed by atoms with Crippen molar-refractivity contribution in [2.75, 3.05) is 13.7 Å². The van der Waals surface area contributed by atoms with E-state index in [-0.39, 0.29) is 13.0 Å². The molecule has 0 aliphatic heterocycles. The van der Waals surface area contributed by atoms with Crippen molar-refractivity contribution in [2.45, 2.75) is 31.8 Å². The fraction of sp³-hybridized carbons (Fsp3) is 0.700. The Morgan fingerprint density at radius 3 is 2.33 bits per heavy atom. The minimum atomic E-state index is -1.21. The molecule has 8 nitrogen and oxygen atoms in total. The van der Waals surface area contributed by atoms with Crippen LogP contribution in [0.15, 0.2) is 0 Å². The molecule has 0 rings (SSSR count). The SMILES string of the molecule is COCC(NC(=O)NC(C)(C)CC(N)=O)C(=O)O. The summed E-state index contributed by atoms with van der Waals surface area (Å²) >= 11 is 0. The number of primary amides is 1. The molecule has 0 aromatic rings. The minimum absolute atomic E-state index is 0.0531. The predicted molar refractivity (Wildman–Crippen MR) is 62.9 cm³/mol. The van der Waals surface area contributed by atoms with E-state index in [4.69, 9.17) is 10.8 Å². The summed E-state index contributed by atoms with van der Waals surface area (Å²) in [5.74, 6) is -1.77. The van der Waals surface area contributed by atoms with E-state index in [1.54, 1.807) is 13.8 Å². The highest BCUT2D eigenvalue weighted by Crippen LogP contribution is 2.06. The van der Waals surface area contributed by atoms with Crippen LogP contribution in [0, 0.1) is 0 Å². The summed E-state index contributed by atoms with van der Waals surface area (Å²) in [4.78, 5) is 33.1. The van der Waals surface area contributed by atoms with Gasteiger partial charge in [0, 0.05) is 19.1 Å². The van der Waals surface area contributed by atoms with E-state index in [2.05, 4.69) is 15.4 Å². The maximum Gasteiger partial charge on any atom is 0.328 e. The summed E-state index contributed by atoms with van der Waals surface area (Å²) in [6.07, 6.45) is -0.0531. The normalized spacial score (nSPS) is 12.6. The first-order valence-corrected chi connectivity index (χ1v) is 5.26. The number of amides is 3. The molecule has 3 amide bonds. The van der Waals surface area contributed by atoms with Crippen molar-refractivity contribution in [2.24, 2.45) is 5.73 Å². The first-order valence-electron chi connectivity index (χ1n) is 5.26. The number of carboxylic acid groups (broad SMARTS) is 1. The highest BCUT2D eigenvalue weighted by Gasteiger charge is 2.26. The van der Waals surface area contributed by atoms with Gasteiger partial charge in [0.25, 0.3) is 0 Å². The Bertz CT molecular complexity index is 329. The molecule has 0 aromatic heterocycles. The van der Waals surface area contributed by atoms with Gasteiger partial charge in [-0.2, -0.15) is 0 Å². The van der Waals surface area contributed by atoms with Crippen LogP contribution in [-0.4, -0.2) is 48.3 Å². The smallest absolute Gasteiger partial charge is 0.328 e. The number of carbonyl (C=O) groups excluding carboxylic acids is 2. The molecule has 0 bridgehead atoms. The Balaban J connectivity index is 4.39. The molecule has 0 aliphatic carbocycles. The van der Waals surface area contributed by atoms with E-state index in [0.717, 1.165) is 0 Å². The van der Waals surface area contributed by atoms with Gasteiger partial charge in [-0.05, 0) is 13.8 Å². The third-order valence-corrected chi connectivity index (χ3v) is 2.00. The van der Waals surface area contributed by atoms with E-state index < -0.39 is 29.5 Å². The van der Waals surface area contributed by atoms with Crippen molar-refractivity contribution in [1.29, 1.82) is 0 Å². The van der Waals surface area contributed by atoms with E-state index in [0.29, 0.717) is 0 Å². The lowest BCUT2D eigenvalue weighted by atomic mass is 10.0. The quantitative estimate of drug-likeness (QED) is 0.468. The molecule has 0 saturated carbocycles. The van der Waals surface area contributed by atoms with Crippen LogP contribution in [0.2, 0.25) is 0 Å². The van der Waals surface area contributed by atoms with Crippen molar-refractivity contribution < 1.29 is 24.2 Å². The molecule has 0 aliphatic rings. The number of nitrogens with one attached hydrogen (secondary N) is 2. The van der Waals surface area contributed by atoms with Gasteiger partial charge in [0.05, 0.1) is 6.61 Å². The van der Waals surface area contributed by atoms with Crippen molar-refractivity contribution >= 4 is 17.9 Å². The van der Waals surface area contributed by atoms with Gasteiger partial charge in [0.2, 0.25) is 5.91 Å². The van der Waals surface area contributed by atoms with Crippen LogP contribution in [-0.2, 0) is 14.3 Å². The molecule has 18 heavy (non-hydrogen) atoms. The topological polar surface area (TPSA) is 131 Å². The van der Waals surface area contributed by atoms with Crippen LogP contribution >= 0.6 is 0 Å². The molecule has 0 spiro atoms. The summed E-state index contributed by atoms with van der Waals surface area (Å²) < 4.78 is 4.66. The largest absolute Gasteiger partial charge is 0.480 e. The predicted octanol–water partition coefficient (Wildman–Crippen LogP) is -0.961. The highest BCUT2D eigenvalue weighted by atomic mass is 16.5. The highest BCUT2D eigenvalue weighted by molar-refractivity contribution is 5.83. The second kappa shape index (κ2) is 6.80. The fourth-order valence-corrected chi connectivity index (χ4v) is 1.32. The molecule has 1 atom stereocenters. The number of urea groups is 1. The zero-order valence-electron chi connectivity index (χ0n) is 10.6. The number of nitrogens with two attached hydrogens (primary N) is 1. The molecule has 0 fully saturated rings. The van der Waals surface area contributed by atoms with Crippen molar-refractivity contribution in [3.63, 3.8) is 0 Å². The summed E-state index contributed by atoms with van der Waals surface area (Å²) in [7, 11) is 1.33. The van der Waals surface area contributed by atoms with Gasteiger partial charge in [-0.25, -0.2) is 9.59 Å².